The van der Waals surface area contributed by atoms with E-state index in [1.54, 1.807) is 13.2 Å². The van der Waals surface area contributed by atoms with Crippen molar-refractivity contribution in [1.29, 1.82) is 0 Å². The lowest BCUT2D eigenvalue weighted by atomic mass is 10.0. The summed E-state index contributed by atoms with van der Waals surface area (Å²) in [6, 6.07) is 12.3. The Morgan fingerprint density at radius 3 is 2.68 bits per heavy atom. The zero-order chi connectivity index (χ0) is 21.4. The van der Waals surface area contributed by atoms with Crippen LogP contribution in [-0.2, 0) is 16.4 Å². The lowest BCUT2D eigenvalue weighted by Crippen LogP contribution is -2.48. The number of sulfonamides is 1. The zero-order valence-corrected chi connectivity index (χ0v) is 17.7. The maximum absolute atomic E-state index is 12.9. The van der Waals surface area contributed by atoms with Gasteiger partial charge in [-0.2, -0.15) is 9.29 Å². The summed E-state index contributed by atoms with van der Waals surface area (Å²) in [6.07, 6.45) is 0.472. The minimum Gasteiger partial charge on any atom is -0.496 e. The Labute approximate surface area is 179 Å². The summed E-state index contributed by atoms with van der Waals surface area (Å²) in [5, 5.41) is 4.04. The summed E-state index contributed by atoms with van der Waals surface area (Å²) in [7, 11) is -2.02. The number of benzene rings is 2. The Kier molecular flexibility index (Phi) is 5.03. The van der Waals surface area contributed by atoms with Gasteiger partial charge in [0.2, 0.25) is 15.9 Å². The zero-order valence-electron chi connectivity index (χ0n) is 16.9. The van der Waals surface area contributed by atoms with Gasteiger partial charge in [0.1, 0.15) is 19.0 Å². The Balaban J connectivity index is 1.26. The topological polar surface area (TPSA) is 104 Å². The van der Waals surface area contributed by atoms with Crippen molar-refractivity contribution >= 4 is 10.0 Å². The van der Waals surface area contributed by atoms with Crippen LogP contribution in [0.4, 0.5) is 0 Å². The standard InChI is InChI=1S/C21H21N3O6S/c1-27-17-5-3-2-4-14(17)10-20-22-21(30-23-20)15-12-24(13-15)31(25,26)16-6-7-18-19(11-16)29-9-8-28-18/h2-7,11,15H,8-10,12-13H2,1H3. The highest BCUT2D eigenvalue weighted by Gasteiger charge is 2.40. The molecule has 162 valence electrons. The number of fused-ring (bicyclic) bond motifs is 1. The first kappa shape index (κ1) is 19.8. The molecule has 5 rings (SSSR count). The number of methoxy groups -OCH3 is 1. The maximum Gasteiger partial charge on any atom is 0.243 e. The molecule has 0 radical (unpaired) electrons. The largest absolute Gasteiger partial charge is 0.496 e. The lowest BCUT2D eigenvalue weighted by Gasteiger charge is -2.35. The number of rotatable bonds is 6. The fourth-order valence-electron chi connectivity index (χ4n) is 3.65. The van der Waals surface area contributed by atoms with E-state index in [0.717, 1.165) is 11.3 Å². The van der Waals surface area contributed by atoms with Gasteiger partial charge in [-0.15, -0.1) is 0 Å². The molecule has 3 heterocycles. The van der Waals surface area contributed by atoms with E-state index < -0.39 is 10.0 Å². The van der Waals surface area contributed by atoms with Crippen LogP contribution in [0.1, 0.15) is 23.2 Å². The van der Waals surface area contributed by atoms with Crippen LogP contribution in [0.15, 0.2) is 51.9 Å². The molecular formula is C21H21N3O6S. The molecule has 0 aliphatic carbocycles. The van der Waals surface area contributed by atoms with E-state index in [2.05, 4.69) is 10.1 Å². The molecule has 1 saturated heterocycles. The van der Waals surface area contributed by atoms with Crippen LogP contribution < -0.4 is 14.2 Å². The molecule has 0 spiro atoms. The maximum atomic E-state index is 12.9. The Morgan fingerprint density at radius 1 is 1.10 bits per heavy atom. The van der Waals surface area contributed by atoms with Gasteiger partial charge in [0.25, 0.3) is 0 Å². The fraction of sp³-hybridized carbons (Fsp3) is 0.333. The molecule has 0 N–H and O–H groups in total. The summed E-state index contributed by atoms with van der Waals surface area (Å²) in [5.41, 5.74) is 0.953. The molecule has 2 aromatic carbocycles. The van der Waals surface area contributed by atoms with Gasteiger partial charge in [-0.1, -0.05) is 23.4 Å². The summed E-state index contributed by atoms with van der Waals surface area (Å²) in [4.78, 5) is 4.64. The molecule has 0 amide bonds. The summed E-state index contributed by atoms with van der Waals surface area (Å²) in [6.45, 7) is 1.42. The molecular weight excluding hydrogens is 422 g/mol. The summed E-state index contributed by atoms with van der Waals surface area (Å²) < 4.78 is 49.0. The van der Waals surface area contributed by atoms with Crippen molar-refractivity contribution in [2.75, 3.05) is 33.4 Å². The van der Waals surface area contributed by atoms with E-state index in [0.29, 0.717) is 42.8 Å². The third-order valence-electron chi connectivity index (χ3n) is 5.37. The summed E-state index contributed by atoms with van der Waals surface area (Å²) >= 11 is 0. The number of hydrogen-bond acceptors (Lipinski definition) is 8. The van der Waals surface area contributed by atoms with Crippen molar-refractivity contribution in [3.8, 4) is 17.2 Å². The minimum atomic E-state index is -3.64. The smallest absolute Gasteiger partial charge is 0.243 e. The first-order chi connectivity index (χ1) is 15.0. The number of nitrogens with zero attached hydrogens (tertiary/aromatic N) is 3. The molecule has 3 aromatic rings. The van der Waals surface area contributed by atoms with Crippen molar-refractivity contribution in [1.82, 2.24) is 14.4 Å². The molecule has 0 saturated carbocycles. The van der Waals surface area contributed by atoms with Crippen molar-refractivity contribution < 1.29 is 27.2 Å². The predicted molar refractivity (Wildman–Crippen MR) is 109 cm³/mol. The average Bonchev–Trinajstić information content (AvgIpc) is 3.20. The van der Waals surface area contributed by atoms with Gasteiger partial charge in [-0.05, 0) is 18.2 Å². The quantitative estimate of drug-likeness (QED) is 0.571. The average molecular weight is 443 g/mol. The first-order valence-corrected chi connectivity index (χ1v) is 11.3. The third-order valence-corrected chi connectivity index (χ3v) is 7.20. The lowest BCUT2D eigenvalue weighted by molar-refractivity contribution is 0.171. The van der Waals surface area contributed by atoms with Crippen molar-refractivity contribution in [2.24, 2.45) is 0 Å². The minimum absolute atomic E-state index is 0.133. The Hall–Kier alpha value is -3.11. The Morgan fingerprint density at radius 2 is 1.87 bits per heavy atom. The molecule has 2 aliphatic rings. The van der Waals surface area contributed by atoms with Gasteiger partial charge < -0.3 is 18.7 Å². The fourth-order valence-corrected chi connectivity index (χ4v) is 5.19. The van der Waals surface area contributed by atoms with E-state index in [4.69, 9.17) is 18.7 Å². The molecule has 10 heteroatoms. The molecule has 2 aliphatic heterocycles. The van der Waals surface area contributed by atoms with Crippen LogP contribution in [-0.4, -0.2) is 56.3 Å². The van der Waals surface area contributed by atoms with Gasteiger partial charge >= 0.3 is 0 Å². The van der Waals surface area contributed by atoms with Crippen molar-refractivity contribution in [3.63, 3.8) is 0 Å². The van der Waals surface area contributed by atoms with Gasteiger partial charge in [0, 0.05) is 31.1 Å². The van der Waals surface area contributed by atoms with Gasteiger partial charge in [0.15, 0.2) is 17.3 Å². The molecule has 1 aromatic heterocycles. The van der Waals surface area contributed by atoms with Gasteiger partial charge in [-0.3, -0.25) is 0 Å². The number of aromatic nitrogens is 2. The first-order valence-electron chi connectivity index (χ1n) is 9.89. The van der Waals surface area contributed by atoms with Crippen LogP contribution in [0.2, 0.25) is 0 Å². The monoisotopic (exact) mass is 443 g/mol. The highest BCUT2D eigenvalue weighted by molar-refractivity contribution is 7.89. The van der Waals surface area contributed by atoms with Crippen LogP contribution in [0, 0.1) is 0 Å². The third kappa shape index (κ3) is 3.72. The van der Waals surface area contributed by atoms with E-state index in [1.165, 1.54) is 16.4 Å². The van der Waals surface area contributed by atoms with Crippen molar-refractivity contribution in [2.45, 2.75) is 17.2 Å². The highest BCUT2D eigenvalue weighted by Crippen LogP contribution is 2.36. The van der Waals surface area contributed by atoms with Crippen LogP contribution >= 0.6 is 0 Å². The highest BCUT2D eigenvalue weighted by atomic mass is 32.2. The number of para-hydroxylation sites is 1. The molecule has 0 atom stereocenters. The second kappa shape index (κ2) is 7.86. The van der Waals surface area contributed by atoms with Crippen LogP contribution in [0.5, 0.6) is 17.2 Å². The number of hydrogen-bond donors (Lipinski definition) is 0. The molecule has 9 nitrogen and oxygen atoms in total. The van der Waals surface area contributed by atoms with Gasteiger partial charge in [-0.25, -0.2) is 8.42 Å². The molecule has 31 heavy (non-hydrogen) atoms. The molecule has 0 unspecified atom stereocenters. The SMILES string of the molecule is COc1ccccc1Cc1noc(C2CN(S(=O)(=O)c3ccc4c(c3)OCCO4)C2)n1. The van der Waals surface area contributed by atoms with Crippen LogP contribution in [0.25, 0.3) is 0 Å². The van der Waals surface area contributed by atoms with Crippen molar-refractivity contribution in [3.05, 3.63) is 59.7 Å². The molecule has 1 fully saturated rings. The normalized spacial score (nSPS) is 16.7. The molecule has 0 bridgehead atoms. The van der Waals surface area contributed by atoms with Gasteiger partial charge in [0.05, 0.1) is 17.9 Å². The predicted octanol–water partition coefficient (Wildman–Crippen LogP) is 2.23. The second-order valence-electron chi connectivity index (χ2n) is 7.36. The summed E-state index contributed by atoms with van der Waals surface area (Å²) in [5.74, 6) is 2.61. The van der Waals surface area contributed by atoms with E-state index >= 15 is 0 Å². The second-order valence-corrected chi connectivity index (χ2v) is 9.30. The van der Waals surface area contributed by atoms with Crippen LogP contribution in [0.3, 0.4) is 0 Å². The number of ether oxygens (including phenoxy) is 3. The van der Waals surface area contributed by atoms with E-state index in [-0.39, 0.29) is 23.9 Å². The van der Waals surface area contributed by atoms with E-state index in [1.807, 2.05) is 24.3 Å². The van der Waals surface area contributed by atoms with E-state index in [9.17, 15) is 8.42 Å². The Bertz CT molecular complexity index is 1200.